The third-order valence-corrected chi connectivity index (χ3v) is 5.46. The van der Waals surface area contributed by atoms with Crippen LogP contribution in [0.5, 0.6) is 5.75 Å². The van der Waals surface area contributed by atoms with Gasteiger partial charge in [-0.15, -0.1) is 13.2 Å². The number of hydroxylamine groups is 1. The number of nitrogens with one attached hydrogen (secondary N) is 2. The van der Waals surface area contributed by atoms with Crippen LogP contribution in [0.1, 0.15) is 10.4 Å². The van der Waals surface area contributed by atoms with Gasteiger partial charge in [0, 0.05) is 11.3 Å². The van der Waals surface area contributed by atoms with E-state index < -0.39 is 28.0 Å². The molecule has 0 saturated carbocycles. The quantitative estimate of drug-likeness (QED) is 0.385. The van der Waals surface area contributed by atoms with E-state index in [0.717, 1.165) is 24.3 Å². The molecular weight excluding hydrogens is 437 g/mol. The van der Waals surface area contributed by atoms with Crippen LogP contribution in [0.15, 0.2) is 77.7 Å². The number of sulfonamides is 1. The standard InChI is InChI=1S/C20H15F3N2O5S/c21-20(22,23)30-17-8-10-18(11-9-17)31(28,29)25-16-3-1-2-15(12-16)13-4-6-14(7-5-13)19(26)24-27/h1-12,25,27H,(H,24,26). The first-order valence-corrected chi connectivity index (χ1v) is 10.1. The predicted molar refractivity (Wildman–Crippen MR) is 105 cm³/mol. The fourth-order valence-corrected chi connectivity index (χ4v) is 3.72. The van der Waals surface area contributed by atoms with Gasteiger partial charge in [-0.3, -0.25) is 14.7 Å². The van der Waals surface area contributed by atoms with Crippen molar-refractivity contribution < 1.29 is 36.3 Å². The van der Waals surface area contributed by atoms with Crippen LogP contribution in [-0.4, -0.2) is 25.9 Å². The summed E-state index contributed by atoms with van der Waals surface area (Å²) in [6.45, 7) is 0. The Morgan fingerprint density at radius 3 is 2.13 bits per heavy atom. The summed E-state index contributed by atoms with van der Waals surface area (Å²) in [6.07, 6.45) is -4.88. The Labute approximate surface area is 175 Å². The van der Waals surface area contributed by atoms with Crippen LogP contribution in [0, 0.1) is 0 Å². The Kier molecular flexibility index (Phi) is 6.18. The van der Waals surface area contributed by atoms with E-state index >= 15 is 0 Å². The summed E-state index contributed by atoms with van der Waals surface area (Å²) in [6, 6.07) is 16.4. The predicted octanol–water partition coefficient (Wildman–Crippen LogP) is 4.17. The summed E-state index contributed by atoms with van der Waals surface area (Å²) in [5.74, 6) is -1.20. The lowest BCUT2D eigenvalue weighted by molar-refractivity contribution is -0.274. The second-order valence-electron chi connectivity index (χ2n) is 6.22. The number of alkyl halides is 3. The Balaban J connectivity index is 1.79. The molecule has 3 aromatic carbocycles. The van der Waals surface area contributed by atoms with Crippen molar-refractivity contribution in [2.24, 2.45) is 0 Å². The van der Waals surface area contributed by atoms with Crippen LogP contribution in [0.2, 0.25) is 0 Å². The Morgan fingerprint density at radius 2 is 1.55 bits per heavy atom. The molecule has 0 saturated heterocycles. The number of rotatable bonds is 6. The highest BCUT2D eigenvalue weighted by atomic mass is 32.2. The molecule has 0 unspecified atom stereocenters. The first-order chi connectivity index (χ1) is 14.6. The van der Waals surface area contributed by atoms with Crippen molar-refractivity contribution in [2.75, 3.05) is 4.72 Å². The van der Waals surface area contributed by atoms with Crippen LogP contribution in [0.4, 0.5) is 18.9 Å². The second-order valence-corrected chi connectivity index (χ2v) is 7.91. The molecule has 0 aliphatic heterocycles. The number of carbonyl (C=O) groups is 1. The minimum atomic E-state index is -4.88. The molecule has 0 heterocycles. The second kappa shape index (κ2) is 8.66. The molecule has 0 spiro atoms. The number of hydrogen-bond donors (Lipinski definition) is 3. The minimum Gasteiger partial charge on any atom is -0.406 e. The van der Waals surface area contributed by atoms with Gasteiger partial charge in [-0.05, 0) is 59.7 Å². The van der Waals surface area contributed by atoms with E-state index in [1.165, 1.54) is 23.7 Å². The van der Waals surface area contributed by atoms with E-state index in [2.05, 4.69) is 9.46 Å². The highest BCUT2D eigenvalue weighted by Crippen LogP contribution is 2.27. The topological polar surface area (TPSA) is 105 Å². The van der Waals surface area contributed by atoms with E-state index in [1.807, 2.05) is 0 Å². The van der Waals surface area contributed by atoms with Crippen molar-refractivity contribution >= 4 is 21.6 Å². The van der Waals surface area contributed by atoms with Gasteiger partial charge in [0.2, 0.25) is 0 Å². The first kappa shape index (κ1) is 22.1. The van der Waals surface area contributed by atoms with Crippen LogP contribution in [0.25, 0.3) is 11.1 Å². The molecule has 0 atom stereocenters. The summed E-state index contributed by atoms with van der Waals surface area (Å²) >= 11 is 0. The van der Waals surface area contributed by atoms with E-state index in [1.54, 1.807) is 30.3 Å². The van der Waals surface area contributed by atoms with Crippen molar-refractivity contribution in [3.63, 3.8) is 0 Å². The van der Waals surface area contributed by atoms with E-state index in [0.29, 0.717) is 11.1 Å². The number of anilines is 1. The summed E-state index contributed by atoms with van der Waals surface area (Å²) in [4.78, 5) is 11.2. The normalized spacial score (nSPS) is 11.6. The molecule has 31 heavy (non-hydrogen) atoms. The number of hydrogen-bond acceptors (Lipinski definition) is 5. The number of benzene rings is 3. The Morgan fingerprint density at radius 1 is 0.903 bits per heavy atom. The molecule has 1 amide bonds. The highest BCUT2D eigenvalue weighted by molar-refractivity contribution is 7.92. The van der Waals surface area contributed by atoms with Gasteiger partial charge in [0.25, 0.3) is 15.9 Å². The average Bonchev–Trinajstić information content (AvgIpc) is 2.72. The lowest BCUT2D eigenvalue weighted by Gasteiger charge is -2.12. The fourth-order valence-electron chi connectivity index (χ4n) is 2.68. The number of amides is 1. The van der Waals surface area contributed by atoms with E-state index in [4.69, 9.17) is 5.21 Å². The summed E-state index contributed by atoms with van der Waals surface area (Å²) in [5, 5.41) is 8.66. The molecular formula is C20H15F3N2O5S. The van der Waals surface area contributed by atoms with Gasteiger partial charge in [-0.1, -0.05) is 24.3 Å². The first-order valence-electron chi connectivity index (χ1n) is 8.61. The highest BCUT2D eigenvalue weighted by Gasteiger charge is 2.31. The molecule has 3 aromatic rings. The van der Waals surface area contributed by atoms with Gasteiger partial charge in [-0.2, -0.15) is 0 Å². The van der Waals surface area contributed by atoms with Crippen molar-refractivity contribution in [3.05, 3.63) is 78.4 Å². The molecule has 0 fully saturated rings. The van der Waals surface area contributed by atoms with Gasteiger partial charge in [0.15, 0.2) is 0 Å². The van der Waals surface area contributed by atoms with Gasteiger partial charge < -0.3 is 4.74 Å². The van der Waals surface area contributed by atoms with Crippen LogP contribution < -0.4 is 14.9 Å². The third kappa shape index (κ3) is 5.74. The molecule has 0 bridgehead atoms. The van der Waals surface area contributed by atoms with Crippen LogP contribution in [-0.2, 0) is 10.0 Å². The molecule has 0 aromatic heterocycles. The van der Waals surface area contributed by atoms with Gasteiger partial charge in [0.1, 0.15) is 5.75 Å². The molecule has 0 aliphatic carbocycles. The van der Waals surface area contributed by atoms with Gasteiger partial charge >= 0.3 is 6.36 Å². The smallest absolute Gasteiger partial charge is 0.406 e. The minimum absolute atomic E-state index is 0.227. The van der Waals surface area contributed by atoms with Gasteiger partial charge in [-0.25, -0.2) is 13.9 Å². The maximum Gasteiger partial charge on any atom is 0.573 e. The molecule has 162 valence electrons. The maximum atomic E-state index is 12.6. The van der Waals surface area contributed by atoms with E-state index in [9.17, 15) is 26.4 Å². The molecule has 0 radical (unpaired) electrons. The van der Waals surface area contributed by atoms with Crippen LogP contribution >= 0.6 is 0 Å². The van der Waals surface area contributed by atoms with Crippen molar-refractivity contribution in [1.82, 2.24) is 5.48 Å². The fraction of sp³-hybridized carbons (Fsp3) is 0.0500. The van der Waals surface area contributed by atoms with Crippen molar-refractivity contribution in [1.29, 1.82) is 0 Å². The SMILES string of the molecule is O=C(NO)c1ccc(-c2cccc(NS(=O)(=O)c3ccc(OC(F)(F)F)cc3)c2)cc1. The average molecular weight is 452 g/mol. The third-order valence-electron chi connectivity index (χ3n) is 4.06. The molecule has 11 heteroatoms. The van der Waals surface area contributed by atoms with Gasteiger partial charge in [0.05, 0.1) is 4.90 Å². The monoisotopic (exact) mass is 452 g/mol. The maximum absolute atomic E-state index is 12.6. The summed E-state index contributed by atoms with van der Waals surface area (Å²) in [7, 11) is -4.06. The van der Waals surface area contributed by atoms with E-state index in [-0.39, 0.29) is 16.1 Å². The zero-order valence-corrected chi connectivity index (χ0v) is 16.4. The summed E-state index contributed by atoms with van der Waals surface area (Å²) in [5.41, 5.74) is 3.32. The van der Waals surface area contributed by atoms with Crippen molar-refractivity contribution in [3.8, 4) is 16.9 Å². The number of ether oxygens (including phenoxy) is 1. The zero-order valence-electron chi connectivity index (χ0n) is 15.6. The molecule has 3 rings (SSSR count). The number of carbonyl (C=O) groups excluding carboxylic acids is 1. The largest absolute Gasteiger partial charge is 0.573 e. The molecule has 3 N–H and O–H groups in total. The Bertz CT molecular complexity index is 1180. The lowest BCUT2D eigenvalue weighted by atomic mass is 10.0. The van der Waals surface area contributed by atoms with Crippen molar-refractivity contribution in [2.45, 2.75) is 11.3 Å². The van der Waals surface area contributed by atoms with Crippen LogP contribution in [0.3, 0.4) is 0 Å². The number of halogens is 3. The Hall–Kier alpha value is -3.57. The summed E-state index contributed by atoms with van der Waals surface area (Å²) < 4.78 is 67.9. The molecule has 0 aliphatic rings. The zero-order chi connectivity index (χ0) is 22.6. The lowest BCUT2D eigenvalue weighted by Crippen LogP contribution is -2.18. The molecule has 7 nitrogen and oxygen atoms in total.